The molecule has 2 aromatic carbocycles. The fourth-order valence-corrected chi connectivity index (χ4v) is 3.81. The molecule has 0 saturated heterocycles. The molecule has 9 heteroatoms. The number of nitrogens with two attached hydrogens (primary N) is 1. The highest BCUT2D eigenvalue weighted by atomic mass is 79.9. The smallest absolute Gasteiger partial charge is 0.263 e. The molecule has 0 amide bonds. The minimum Gasteiger partial charge on any atom is -0.396 e. The third-order valence-corrected chi connectivity index (χ3v) is 5.07. The highest BCUT2D eigenvalue weighted by molar-refractivity contribution is 9.10. The molecule has 2 aromatic rings. The molecule has 0 aliphatic heterocycles. The summed E-state index contributed by atoms with van der Waals surface area (Å²) in [6, 6.07) is 5.27. The maximum atomic E-state index is 13.6. The van der Waals surface area contributed by atoms with E-state index in [1.165, 1.54) is 6.07 Å². The van der Waals surface area contributed by atoms with Crippen molar-refractivity contribution in [2.24, 2.45) is 0 Å². The molecule has 3 N–H and O–H groups in total. The first kappa shape index (κ1) is 16.0. The van der Waals surface area contributed by atoms with Crippen molar-refractivity contribution in [1.82, 2.24) is 0 Å². The second-order valence-electron chi connectivity index (χ2n) is 4.03. The first-order valence-electron chi connectivity index (χ1n) is 5.43. The van der Waals surface area contributed by atoms with Crippen LogP contribution in [0.2, 0.25) is 5.02 Å². The maximum Gasteiger partial charge on any atom is 0.263 e. The highest BCUT2D eigenvalue weighted by Crippen LogP contribution is 2.29. The summed E-state index contributed by atoms with van der Waals surface area (Å²) in [5.74, 6) is -1.57. The van der Waals surface area contributed by atoms with Crippen molar-refractivity contribution in [2.45, 2.75) is 4.90 Å². The molecule has 0 unspecified atom stereocenters. The Hall–Kier alpha value is -1.38. The van der Waals surface area contributed by atoms with Crippen LogP contribution in [0.1, 0.15) is 0 Å². The molecule has 112 valence electrons. The van der Waals surface area contributed by atoms with Crippen molar-refractivity contribution < 1.29 is 17.2 Å². The van der Waals surface area contributed by atoms with E-state index in [-0.39, 0.29) is 25.8 Å². The molecule has 4 nitrogen and oxygen atoms in total. The summed E-state index contributed by atoms with van der Waals surface area (Å²) in [4.78, 5) is -0.319. The van der Waals surface area contributed by atoms with Gasteiger partial charge in [0.2, 0.25) is 0 Å². The quantitative estimate of drug-likeness (QED) is 0.775. The minimum atomic E-state index is -4.16. The van der Waals surface area contributed by atoms with Crippen LogP contribution >= 0.6 is 27.5 Å². The average molecular weight is 398 g/mol. The number of sulfonamides is 1. The van der Waals surface area contributed by atoms with Gasteiger partial charge >= 0.3 is 0 Å². The first-order chi connectivity index (χ1) is 9.70. The SMILES string of the molecule is Nc1cc(S(=O)(=O)Nc2cc(Cl)ccc2F)c(Br)cc1F. The summed E-state index contributed by atoms with van der Waals surface area (Å²) in [6.07, 6.45) is 0. The molecule has 0 aliphatic carbocycles. The maximum absolute atomic E-state index is 13.6. The van der Waals surface area contributed by atoms with Gasteiger partial charge in [-0.2, -0.15) is 0 Å². The number of nitrogens with one attached hydrogen (secondary N) is 1. The van der Waals surface area contributed by atoms with Gasteiger partial charge in [-0.05, 0) is 46.3 Å². The Morgan fingerprint density at radius 3 is 2.48 bits per heavy atom. The van der Waals surface area contributed by atoms with Crippen LogP contribution in [0.25, 0.3) is 0 Å². The van der Waals surface area contributed by atoms with E-state index in [9.17, 15) is 17.2 Å². The van der Waals surface area contributed by atoms with Crippen molar-refractivity contribution in [1.29, 1.82) is 0 Å². The number of halogens is 4. The van der Waals surface area contributed by atoms with Crippen molar-refractivity contribution in [3.05, 3.63) is 51.5 Å². The second-order valence-corrected chi connectivity index (χ2v) is 6.98. The molecular formula is C12H8BrClF2N2O2S. The van der Waals surface area contributed by atoms with Gasteiger partial charge < -0.3 is 5.73 Å². The minimum absolute atomic E-state index is 0.0378. The number of anilines is 2. The van der Waals surface area contributed by atoms with E-state index in [1.807, 2.05) is 4.72 Å². The van der Waals surface area contributed by atoms with Gasteiger partial charge in [-0.1, -0.05) is 11.6 Å². The van der Waals surface area contributed by atoms with Gasteiger partial charge in [-0.15, -0.1) is 0 Å². The largest absolute Gasteiger partial charge is 0.396 e. The Morgan fingerprint density at radius 1 is 1.14 bits per heavy atom. The number of rotatable bonds is 3. The Bertz CT molecular complexity index is 815. The summed E-state index contributed by atoms with van der Waals surface area (Å²) in [5.41, 5.74) is 4.69. The molecule has 21 heavy (non-hydrogen) atoms. The average Bonchev–Trinajstić information content (AvgIpc) is 2.37. The number of nitrogen functional groups attached to an aromatic ring is 1. The summed E-state index contributed by atoms with van der Waals surface area (Å²) in [7, 11) is -4.16. The molecule has 0 bridgehead atoms. The third-order valence-electron chi connectivity index (χ3n) is 2.51. The highest BCUT2D eigenvalue weighted by Gasteiger charge is 2.21. The zero-order chi connectivity index (χ0) is 15.8. The summed E-state index contributed by atoms with van der Waals surface area (Å²) < 4.78 is 53.3. The van der Waals surface area contributed by atoms with E-state index >= 15 is 0 Å². The first-order valence-corrected chi connectivity index (χ1v) is 8.08. The molecule has 0 spiro atoms. The lowest BCUT2D eigenvalue weighted by molar-refractivity contribution is 0.597. The van der Waals surface area contributed by atoms with Gasteiger partial charge in [0.1, 0.15) is 16.5 Å². The van der Waals surface area contributed by atoms with Crippen LogP contribution in [0, 0.1) is 11.6 Å². The fourth-order valence-electron chi connectivity index (χ4n) is 1.53. The van der Waals surface area contributed by atoms with Crippen LogP contribution in [0.15, 0.2) is 39.7 Å². The van der Waals surface area contributed by atoms with E-state index < -0.39 is 21.7 Å². The molecular weight excluding hydrogens is 390 g/mol. The van der Waals surface area contributed by atoms with Crippen LogP contribution in [0.3, 0.4) is 0 Å². The van der Waals surface area contributed by atoms with E-state index in [0.717, 1.165) is 24.3 Å². The topological polar surface area (TPSA) is 72.2 Å². The van der Waals surface area contributed by atoms with Gasteiger partial charge in [0.15, 0.2) is 0 Å². The zero-order valence-electron chi connectivity index (χ0n) is 10.2. The van der Waals surface area contributed by atoms with Crippen LogP contribution in [0.5, 0.6) is 0 Å². The molecule has 0 atom stereocenters. The molecule has 0 heterocycles. The Balaban J connectivity index is 2.48. The summed E-state index contributed by atoms with van der Waals surface area (Å²) >= 11 is 8.62. The summed E-state index contributed by atoms with van der Waals surface area (Å²) in [5, 5.41) is 0.159. The van der Waals surface area contributed by atoms with Crippen molar-refractivity contribution in [3.8, 4) is 0 Å². The van der Waals surface area contributed by atoms with E-state index in [1.54, 1.807) is 0 Å². The lowest BCUT2D eigenvalue weighted by atomic mass is 10.3. The third kappa shape index (κ3) is 3.45. The predicted octanol–water partition coefficient (Wildman–Crippen LogP) is 3.76. The van der Waals surface area contributed by atoms with E-state index in [2.05, 4.69) is 15.9 Å². The van der Waals surface area contributed by atoms with Crippen molar-refractivity contribution in [3.63, 3.8) is 0 Å². The van der Waals surface area contributed by atoms with Gasteiger partial charge in [0, 0.05) is 9.50 Å². The van der Waals surface area contributed by atoms with E-state index in [0.29, 0.717) is 0 Å². The standard InChI is InChI=1S/C12H8BrClF2N2O2S/c13-7-4-9(16)10(17)5-12(7)21(19,20)18-11-3-6(14)1-2-8(11)15/h1-5,18H,17H2. The van der Waals surface area contributed by atoms with Crippen molar-refractivity contribution >= 4 is 48.9 Å². The van der Waals surface area contributed by atoms with Gasteiger partial charge in [-0.25, -0.2) is 17.2 Å². The number of hydrogen-bond acceptors (Lipinski definition) is 3. The van der Waals surface area contributed by atoms with Gasteiger partial charge in [-0.3, -0.25) is 4.72 Å². The molecule has 0 fully saturated rings. The van der Waals surface area contributed by atoms with Gasteiger partial charge in [0.05, 0.1) is 11.4 Å². The van der Waals surface area contributed by atoms with Crippen LogP contribution in [-0.4, -0.2) is 8.42 Å². The van der Waals surface area contributed by atoms with Crippen LogP contribution < -0.4 is 10.5 Å². The predicted molar refractivity (Wildman–Crippen MR) is 80.7 cm³/mol. The molecule has 2 rings (SSSR count). The number of benzene rings is 2. The molecule has 0 aromatic heterocycles. The molecule has 0 radical (unpaired) electrons. The van der Waals surface area contributed by atoms with E-state index in [4.69, 9.17) is 17.3 Å². The fraction of sp³-hybridized carbons (Fsp3) is 0. The Kier molecular flexibility index (Phi) is 4.40. The number of hydrogen-bond donors (Lipinski definition) is 2. The Morgan fingerprint density at radius 2 is 1.81 bits per heavy atom. The van der Waals surface area contributed by atoms with Crippen LogP contribution in [-0.2, 0) is 10.0 Å². The van der Waals surface area contributed by atoms with Gasteiger partial charge in [0.25, 0.3) is 10.0 Å². The second kappa shape index (κ2) is 5.78. The monoisotopic (exact) mass is 396 g/mol. The lowest BCUT2D eigenvalue weighted by Crippen LogP contribution is -2.15. The lowest BCUT2D eigenvalue weighted by Gasteiger charge is -2.11. The normalized spacial score (nSPS) is 11.4. The van der Waals surface area contributed by atoms with Crippen LogP contribution in [0.4, 0.5) is 20.2 Å². The van der Waals surface area contributed by atoms with Crippen molar-refractivity contribution in [2.75, 3.05) is 10.5 Å². The Labute approximate surface area is 133 Å². The molecule has 0 aliphatic rings. The zero-order valence-corrected chi connectivity index (χ0v) is 13.4. The summed E-state index contributed by atoms with van der Waals surface area (Å²) in [6.45, 7) is 0. The molecule has 0 saturated carbocycles.